The van der Waals surface area contributed by atoms with E-state index in [-0.39, 0.29) is 5.91 Å². The Bertz CT molecular complexity index is 914. The molecule has 0 radical (unpaired) electrons. The first-order valence-corrected chi connectivity index (χ1v) is 9.32. The lowest BCUT2D eigenvalue weighted by Gasteiger charge is -2.19. The van der Waals surface area contributed by atoms with Gasteiger partial charge in [0.1, 0.15) is 0 Å². The molecule has 4 nitrogen and oxygen atoms in total. The molecule has 0 spiro atoms. The van der Waals surface area contributed by atoms with Crippen LogP contribution in [0.1, 0.15) is 17.5 Å². The van der Waals surface area contributed by atoms with Crippen molar-refractivity contribution in [1.82, 2.24) is 10.3 Å². The Hall–Kier alpha value is -2.75. The predicted octanol–water partition coefficient (Wildman–Crippen LogP) is 3.66. The highest BCUT2D eigenvalue weighted by atomic mass is 16.1. The number of aromatic amines is 1. The van der Waals surface area contributed by atoms with Crippen LogP contribution in [0.15, 0.2) is 54.7 Å². The molecule has 0 saturated carbocycles. The van der Waals surface area contributed by atoms with Crippen molar-refractivity contribution in [2.45, 2.75) is 19.8 Å². The minimum absolute atomic E-state index is 0.101. The fourth-order valence-corrected chi connectivity index (χ4v) is 3.83. The summed E-state index contributed by atoms with van der Waals surface area (Å²) in [4.78, 5) is 18.0. The van der Waals surface area contributed by atoms with Gasteiger partial charge in [-0.15, -0.1) is 0 Å². The number of aryl methyl sites for hydroxylation is 1. The molecule has 1 atom stereocenters. The van der Waals surface area contributed by atoms with Gasteiger partial charge in [0, 0.05) is 42.4 Å². The number of amides is 1. The lowest BCUT2D eigenvalue weighted by Crippen LogP contribution is -2.32. The van der Waals surface area contributed by atoms with Crippen molar-refractivity contribution in [2.24, 2.45) is 5.92 Å². The Balaban J connectivity index is 1.30. The van der Waals surface area contributed by atoms with Gasteiger partial charge in [-0.3, -0.25) is 4.79 Å². The lowest BCUT2D eigenvalue weighted by molar-refractivity contribution is -0.120. The molecule has 3 aromatic rings. The topological polar surface area (TPSA) is 48.1 Å². The number of carbonyl (C=O) groups is 1. The van der Waals surface area contributed by atoms with E-state index in [1.165, 1.54) is 11.3 Å². The summed E-state index contributed by atoms with van der Waals surface area (Å²) >= 11 is 0. The highest BCUT2D eigenvalue weighted by molar-refractivity contribution is 5.88. The molecule has 1 aromatic heterocycles. The van der Waals surface area contributed by atoms with Crippen LogP contribution in [0, 0.1) is 12.8 Å². The number of anilines is 1. The largest absolute Gasteiger partial charge is 0.371 e. The zero-order valence-electron chi connectivity index (χ0n) is 15.2. The van der Waals surface area contributed by atoms with E-state index in [2.05, 4.69) is 52.5 Å². The van der Waals surface area contributed by atoms with E-state index in [9.17, 15) is 4.79 Å². The van der Waals surface area contributed by atoms with Crippen molar-refractivity contribution in [3.63, 3.8) is 0 Å². The molecule has 134 valence electrons. The molecule has 4 heteroatoms. The van der Waals surface area contributed by atoms with Crippen LogP contribution in [0.4, 0.5) is 5.69 Å². The number of benzene rings is 2. The molecule has 26 heavy (non-hydrogen) atoms. The number of nitrogens with zero attached hydrogens (tertiary/aromatic N) is 1. The number of carbonyl (C=O) groups excluding carboxylic acids is 1. The Morgan fingerprint density at radius 2 is 2.12 bits per heavy atom. The molecular formula is C22H25N3O. The van der Waals surface area contributed by atoms with Crippen molar-refractivity contribution in [3.05, 3.63) is 65.9 Å². The molecule has 4 rings (SSSR count). The Morgan fingerprint density at radius 3 is 3.00 bits per heavy atom. The smallest absolute Gasteiger partial charge is 0.224 e. The molecule has 1 saturated heterocycles. The summed E-state index contributed by atoms with van der Waals surface area (Å²) < 4.78 is 0. The minimum atomic E-state index is 0.101. The summed E-state index contributed by atoms with van der Waals surface area (Å²) in [6.45, 7) is 4.95. The first-order valence-electron chi connectivity index (χ1n) is 9.32. The molecule has 1 aliphatic heterocycles. The summed E-state index contributed by atoms with van der Waals surface area (Å²) in [6.07, 6.45) is 3.50. The third kappa shape index (κ3) is 3.59. The van der Waals surface area contributed by atoms with Crippen molar-refractivity contribution < 1.29 is 4.79 Å². The van der Waals surface area contributed by atoms with E-state index in [4.69, 9.17) is 0 Å². The average molecular weight is 347 g/mol. The van der Waals surface area contributed by atoms with Gasteiger partial charge in [0.25, 0.3) is 0 Å². The van der Waals surface area contributed by atoms with Crippen LogP contribution in [-0.4, -0.2) is 30.5 Å². The monoisotopic (exact) mass is 347 g/mol. The predicted molar refractivity (Wildman–Crippen MR) is 107 cm³/mol. The highest BCUT2D eigenvalue weighted by Crippen LogP contribution is 2.24. The number of para-hydroxylation sites is 1. The third-order valence-electron chi connectivity index (χ3n) is 5.27. The fourth-order valence-electron chi connectivity index (χ4n) is 3.83. The van der Waals surface area contributed by atoms with Gasteiger partial charge >= 0.3 is 0 Å². The molecule has 1 aliphatic rings. The first kappa shape index (κ1) is 16.7. The number of nitrogens with one attached hydrogen (secondary N) is 2. The van der Waals surface area contributed by atoms with Gasteiger partial charge in [-0.05, 0) is 48.6 Å². The Labute approximate surface area is 154 Å². The summed E-state index contributed by atoms with van der Waals surface area (Å²) in [5, 5.41) is 4.26. The second-order valence-electron chi connectivity index (χ2n) is 7.28. The quantitative estimate of drug-likeness (QED) is 0.740. The lowest BCUT2D eigenvalue weighted by atomic mass is 10.1. The molecule has 0 bridgehead atoms. The zero-order chi connectivity index (χ0) is 17.9. The van der Waals surface area contributed by atoms with E-state index < -0.39 is 0 Å². The normalized spacial score (nSPS) is 17.0. The van der Waals surface area contributed by atoms with Gasteiger partial charge in [-0.2, -0.15) is 0 Å². The molecule has 1 amide bonds. The van der Waals surface area contributed by atoms with Gasteiger partial charge < -0.3 is 15.2 Å². The second-order valence-corrected chi connectivity index (χ2v) is 7.28. The molecule has 2 heterocycles. The number of hydrogen-bond donors (Lipinski definition) is 2. The highest BCUT2D eigenvalue weighted by Gasteiger charge is 2.23. The maximum Gasteiger partial charge on any atom is 0.224 e. The van der Waals surface area contributed by atoms with Crippen molar-refractivity contribution in [1.29, 1.82) is 0 Å². The Morgan fingerprint density at radius 1 is 1.23 bits per heavy atom. The van der Waals surface area contributed by atoms with Gasteiger partial charge in [-0.25, -0.2) is 0 Å². The van der Waals surface area contributed by atoms with E-state index >= 15 is 0 Å². The standard InChI is InChI=1S/C22H25N3O/c1-16-5-4-6-19(11-16)25-10-9-17(15-25)13-24-22(26)12-18-14-23-21-8-3-2-7-20(18)21/h2-8,11,14,17,23H,9-10,12-13,15H2,1H3,(H,24,26). The number of hydrogen-bond acceptors (Lipinski definition) is 2. The van der Waals surface area contributed by atoms with Gasteiger partial charge in [-0.1, -0.05) is 30.3 Å². The summed E-state index contributed by atoms with van der Waals surface area (Å²) in [7, 11) is 0. The molecule has 2 aromatic carbocycles. The van der Waals surface area contributed by atoms with Gasteiger partial charge in [0.2, 0.25) is 5.91 Å². The Kier molecular flexibility index (Phi) is 4.65. The summed E-state index contributed by atoms with van der Waals surface area (Å²) in [5.41, 5.74) is 4.72. The van der Waals surface area contributed by atoms with Gasteiger partial charge in [0.15, 0.2) is 0 Å². The van der Waals surface area contributed by atoms with E-state index in [1.807, 2.05) is 24.4 Å². The fraction of sp³-hybridized carbons (Fsp3) is 0.318. The van der Waals surface area contributed by atoms with Crippen LogP contribution in [-0.2, 0) is 11.2 Å². The number of fused-ring (bicyclic) bond motifs is 1. The van der Waals surface area contributed by atoms with Crippen molar-refractivity contribution in [3.8, 4) is 0 Å². The van der Waals surface area contributed by atoms with Crippen molar-refractivity contribution in [2.75, 3.05) is 24.5 Å². The minimum Gasteiger partial charge on any atom is -0.371 e. The van der Waals surface area contributed by atoms with Crippen molar-refractivity contribution >= 4 is 22.5 Å². The maximum atomic E-state index is 12.4. The first-order chi connectivity index (χ1) is 12.7. The number of rotatable bonds is 5. The maximum absolute atomic E-state index is 12.4. The number of H-pyrrole nitrogens is 1. The molecular weight excluding hydrogens is 322 g/mol. The zero-order valence-corrected chi connectivity index (χ0v) is 15.2. The SMILES string of the molecule is Cc1cccc(N2CCC(CNC(=O)Cc3c[nH]c4ccccc34)C2)c1. The van der Waals surface area contributed by atoms with E-state index in [1.54, 1.807) is 0 Å². The third-order valence-corrected chi connectivity index (χ3v) is 5.27. The van der Waals surface area contributed by atoms with Crippen LogP contribution in [0.2, 0.25) is 0 Å². The summed E-state index contributed by atoms with van der Waals surface area (Å²) in [5.74, 6) is 0.617. The van der Waals surface area contributed by atoms with Crippen LogP contribution >= 0.6 is 0 Å². The van der Waals surface area contributed by atoms with Gasteiger partial charge in [0.05, 0.1) is 6.42 Å². The second kappa shape index (κ2) is 7.24. The van der Waals surface area contributed by atoms with Crippen LogP contribution in [0.25, 0.3) is 10.9 Å². The molecule has 1 unspecified atom stereocenters. The van der Waals surface area contributed by atoms with Crippen LogP contribution < -0.4 is 10.2 Å². The van der Waals surface area contributed by atoms with E-state index in [0.717, 1.165) is 42.5 Å². The molecule has 2 N–H and O–H groups in total. The number of aromatic nitrogens is 1. The average Bonchev–Trinajstić information content (AvgIpc) is 3.28. The molecule has 1 fully saturated rings. The van der Waals surface area contributed by atoms with Crippen LogP contribution in [0.5, 0.6) is 0 Å². The molecule has 0 aliphatic carbocycles. The van der Waals surface area contributed by atoms with E-state index in [0.29, 0.717) is 12.3 Å². The summed E-state index contributed by atoms with van der Waals surface area (Å²) in [6, 6.07) is 16.8. The van der Waals surface area contributed by atoms with Crippen LogP contribution in [0.3, 0.4) is 0 Å².